The summed E-state index contributed by atoms with van der Waals surface area (Å²) in [5.74, 6) is 0.214. The normalized spacial score (nSPS) is 18.7. The Bertz CT molecular complexity index is 841. The van der Waals surface area contributed by atoms with Crippen LogP contribution < -0.4 is 4.90 Å². The number of ether oxygens (including phenoxy) is 1. The van der Waals surface area contributed by atoms with Crippen molar-refractivity contribution in [3.63, 3.8) is 0 Å². The van der Waals surface area contributed by atoms with E-state index in [1.54, 1.807) is 19.0 Å². The first kappa shape index (κ1) is 21.0. The molecule has 3 rings (SSSR count). The molecule has 0 bridgehead atoms. The van der Waals surface area contributed by atoms with Crippen LogP contribution in [0.4, 0.5) is 10.6 Å². The number of benzene rings is 1. The number of carbonyl (C=O) groups is 2. The fraction of sp³-hybridized carbons (Fsp3) is 0.429. The zero-order chi connectivity index (χ0) is 20.8. The van der Waals surface area contributed by atoms with Gasteiger partial charge in [0.2, 0.25) is 5.91 Å². The maximum atomic E-state index is 12.8. The highest BCUT2D eigenvalue weighted by molar-refractivity contribution is 6.32. The number of anilines is 1. The molecule has 0 radical (unpaired) electrons. The van der Waals surface area contributed by atoms with Gasteiger partial charge >= 0.3 is 6.09 Å². The SMILES string of the molecule is CN(C(=O)C1CCC(N(C)C(=O)OCc2ccccc2)CC1)c1nccnc1Cl. The van der Waals surface area contributed by atoms with Gasteiger partial charge in [0.25, 0.3) is 0 Å². The molecule has 1 aromatic heterocycles. The molecule has 0 unspecified atom stereocenters. The monoisotopic (exact) mass is 416 g/mol. The lowest BCUT2D eigenvalue weighted by atomic mass is 9.84. The molecule has 29 heavy (non-hydrogen) atoms. The molecule has 7 nitrogen and oxygen atoms in total. The summed E-state index contributed by atoms with van der Waals surface area (Å²) in [5, 5.41) is 0.206. The summed E-state index contributed by atoms with van der Waals surface area (Å²) in [6.07, 6.45) is 5.54. The van der Waals surface area contributed by atoms with Gasteiger partial charge in [-0.15, -0.1) is 0 Å². The van der Waals surface area contributed by atoms with Gasteiger partial charge in [-0.2, -0.15) is 0 Å². The van der Waals surface area contributed by atoms with E-state index in [9.17, 15) is 9.59 Å². The van der Waals surface area contributed by atoms with Crippen LogP contribution in [-0.2, 0) is 16.1 Å². The minimum atomic E-state index is -0.341. The highest BCUT2D eigenvalue weighted by Crippen LogP contribution is 2.30. The maximum Gasteiger partial charge on any atom is 0.410 e. The molecule has 0 aliphatic heterocycles. The van der Waals surface area contributed by atoms with Crippen molar-refractivity contribution < 1.29 is 14.3 Å². The third-order valence-electron chi connectivity index (χ3n) is 5.37. The Hall–Kier alpha value is -2.67. The van der Waals surface area contributed by atoms with E-state index in [0.29, 0.717) is 18.7 Å². The molecule has 1 aliphatic carbocycles. The molecule has 1 fully saturated rings. The van der Waals surface area contributed by atoms with Crippen molar-refractivity contribution >= 4 is 29.4 Å². The molecule has 2 amide bonds. The van der Waals surface area contributed by atoms with Crippen molar-refractivity contribution in [3.8, 4) is 0 Å². The summed E-state index contributed by atoms with van der Waals surface area (Å²) >= 11 is 6.05. The first-order valence-corrected chi connectivity index (χ1v) is 10.0. The van der Waals surface area contributed by atoms with Crippen LogP contribution in [0.3, 0.4) is 0 Å². The molecule has 1 aliphatic rings. The average molecular weight is 417 g/mol. The van der Waals surface area contributed by atoms with Crippen LogP contribution in [0.2, 0.25) is 5.15 Å². The van der Waals surface area contributed by atoms with Crippen molar-refractivity contribution in [2.45, 2.75) is 38.3 Å². The molecule has 8 heteroatoms. The molecule has 154 valence electrons. The van der Waals surface area contributed by atoms with Crippen LogP contribution in [0.5, 0.6) is 0 Å². The molecule has 2 aromatic rings. The Balaban J connectivity index is 1.49. The van der Waals surface area contributed by atoms with Crippen LogP contribution in [0.25, 0.3) is 0 Å². The number of carbonyl (C=O) groups excluding carboxylic acids is 2. The van der Waals surface area contributed by atoms with E-state index >= 15 is 0 Å². The Morgan fingerprint density at radius 2 is 1.72 bits per heavy atom. The van der Waals surface area contributed by atoms with E-state index in [0.717, 1.165) is 18.4 Å². The van der Waals surface area contributed by atoms with Gasteiger partial charge < -0.3 is 9.64 Å². The minimum Gasteiger partial charge on any atom is -0.445 e. The number of nitrogens with zero attached hydrogens (tertiary/aromatic N) is 4. The third kappa shape index (κ3) is 5.23. The molecule has 0 N–H and O–H groups in total. The molecule has 0 spiro atoms. The summed E-state index contributed by atoms with van der Waals surface area (Å²) in [4.78, 5) is 36.4. The zero-order valence-electron chi connectivity index (χ0n) is 16.6. The Morgan fingerprint density at radius 1 is 1.07 bits per heavy atom. The summed E-state index contributed by atoms with van der Waals surface area (Å²) in [6.45, 7) is 0.251. The predicted molar refractivity (Wildman–Crippen MR) is 111 cm³/mol. The lowest BCUT2D eigenvalue weighted by Crippen LogP contribution is -2.42. The van der Waals surface area contributed by atoms with E-state index < -0.39 is 0 Å². The number of halogens is 1. The fourth-order valence-corrected chi connectivity index (χ4v) is 3.83. The van der Waals surface area contributed by atoms with Crippen molar-refractivity contribution in [2.24, 2.45) is 5.92 Å². The van der Waals surface area contributed by atoms with Gasteiger partial charge in [-0.3, -0.25) is 9.69 Å². The van der Waals surface area contributed by atoms with Crippen molar-refractivity contribution in [2.75, 3.05) is 19.0 Å². The second-order valence-electron chi connectivity index (χ2n) is 7.22. The highest BCUT2D eigenvalue weighted by atomic mass is 35.5. The number of hydrogen-bond donors (Lipinski definition) is 0. The molecule has 1 saturated carbocycles. The van der Waals surface area contributed by atoms with E-state index in [2.05, 4.69) is 9.97 Å². The molecular formula is C21H25ClN4O3. The lowest BCUT2D eigenvalue weighted by Gasteiger charge is -2.34. The van der Waals surface area contributed by atoms with Gasteiger partial charge in [0.05, 0.1) is 0 Å². The smallest absolute Gasteiger partial charge is 0.410 e. The van der Waals surface area contributed by atoms with E-state index in [1.807, 2.05) is 30.3 Å². The topological polar surface area (TPSA) is 75.6 Å². The quantitative estimate of drug-likeness (QED) is 0.738. The van der Waals surface area contributed by atoms with E-state index in [4.69, 9.17) is 16.3 Å². The van der Waals surface area contributed by atoms with E-state index in [-0.39, 0.29) is 35.7 Å². The Morgan fingerprint density at radius 3 is 2.38 bits per heavy atom. The molecule has 1 aromatic carbocycles. The van der Waals surface area contributed by atoms with Gasteiger partial charge in [0.1, 0.15) is 6.61 Å². The number of hydrogen-bond acceptors (Lipinski definition) is 5. The second kappa shape index (κ2) is 9.69. The first-order chi connectivity index (χ1) is 14.0. The summed E-state index contributed by atoms with van der Waals surface area (Å²) in [7, 11) is 3.42. The maximum absolute atomic E-state index is 12.8. The number of rotatable bonds is 5. The summed E-state index contributed by atoms with van der Waals surface area (Å²) in [5.41, 5.74) is 0.953. The van der Waals surface area contributed by atoms with Gasteiger partial charge in [-0.1, -0.05) is 41.9 Å². The zero-order valence-corrected chi connectivity index (χ0v) is 17.4. The first-order valence-electron chi connectivity index (χ1n) is 9.65. The van der Waals surface area contributed by atoms with Gasteiger partial charge in [0.15, 0.2) is 11.0 Å². The average Bonchev–Trinajstić information content (AvgIpc) is 2.77. The second-order valence-corrected chi connectivity index (χ2v) is 7.58. The third-order valence-corrected chi connectivity index (χ3v) is 5.64. The van der Waals surface area contributed by atoms with Crippen LogP contribution >= 0.6 is 11.6 Å². The number of amides is 2. The van der Waals surface area contributed by atoms with E-state index in [1.165, 1.54) is 17.3 Å². The Labute approximate surface area is 175 Å². The summed E-state index contributed by atoms with van der Waals surface area (Å²) < 4.78 is 5.41. The summed E-state index contributed by atoms with van der Waals surface area (Å²) in [6, 6.07) is 9.65. The number of aromatic nitrogens is 2. The molecule has 1 heterocycles. The van der Waals surface area contributed by atoms with Crippen LogP contribution in [0.1, 0.15) is 31.2 Å². The van der Waals surface area contributed by atoms with Crippen LogP contribution in [0.15, 0.2) is 42.7 Å². The minimum absolute atomic E-state index is 0.0276. The van der Waals surface area contributed by atoms with Crippen molar-refractivity contribution in [1.29, 1.82) is 0 Å². The predicted octanol–water partition coefficient (Wildman–Crippen LogP) is 3.92. The van der Waals surface area contributed by atoms with Crippen LogP contribution in [-0.4, -0.2) is 47.0 Å². The van der Waals surface area contributed by atoms with Gasteiger partial charge in [0, 0.05) is 38.4 Å². The largest absolute Gasteiger partial charge is 0.445 e. The van der Waals surface area contributed by atoms with Gasteiger partial charge in [-0.05, 0) is 31.2 Å². The lowest BCUT2D eigenvalue weighted by molar-refractivity contribution is -0.123. The molecule has 0 saturated heterocycles. The van der Waals surface area contributed by atoms with Crippen molar-refractivity contribution in [3.05, 3.63) is 53.4 Å². The molecule has 0 atom stereocenters. The van der Waals surface area contributed by atoms with Crippen molar-refractivity contribution in [1.82, 2.24) is 14.9 Å². The van der Waals surface area contributed by atoms with Gasteiger partial charge in [-0.25, -0.2) is 14.8 Å². The highest BCUT2D eigenvalue weighted by Gasteiger charge is 2.32. The fourth-order valence-electron chi connectivity index (χ4n) is 3.60. The standard InChI is InChI=1S/C21H25ClN4O3/c1-25(21(28)29-14-15-6-4-3-5-7-15)17-10-8-16(9-11-17)20(27)26(2)19-18(22)23-12-13-24-19/h3-7,12-13,16-17H,8-11,14H2,1-2H3. The van der Waals surface area contributed by atoms with Crippen LogP contribution in [0, 0.1) is 5.92 Å². The molecular weight excluding hydrogens is 392 g/mol. The Kier molecular flexibility index (Phi) is 7.04.